The maximum absolute atomic E-state index is 11.0. The maximum atomic E-state index is 11.0. The largest absolute Gasteiger partial charge is 0.270 e. The number of nitro groups is 1. The van der Waals surface area contributed by atoms with Crippen LogP contribution in [-0.2, 0) is 0 Å². The first-order valence-corrected chi connectivity index (χ1v) is 6.58. The highest BCUT2D eigenvalue weighted by Gasteiger charge is 2.15. The molecule has 0 saturated heterocycles. The van der Waals surface area contributed by atoms with E-state index in [4.69, 9.17) is 0 Å². The van der Waals surface area contributed by atoms with Gasteiger partial charge in [0.25, 0.3) is 5.69 Å². The Morgan fingerprint density at radius 1 is 1.00 bits per heavy atom. The highest BCUT2D eigenvalue weighted by molar-refractivity contribution is 6.06. The zero-order chi connectivity index (χ0) is 15.1. The van der Waals surface area contributed by atoms with E-state index in [1.165, 1.54) is 12.1 Å². The van der Waals surface area contributed by atoms with Gasteiger partial charge in [-0.2, -0.15) is 15.4 Å². The number of hydrogen-bond donors (Lipinski definition) is 1. The normalized spacial score (nSPS) is 11.1. The van der Waals surface area contributed by atoms with Crippen molar-refractivity contribution in [3.8, 4) is 11.3 Å². The third kappa shape index (κ3) is 1.80. The number of hydrogen-bond acceptors (Lipinski definition) is 5. The van der Waals surface area contributed by atoms with Gasteiger partial charge in [-0.1, -0.05) is 30.3 Å². The second kappa shape index (κ2) is 4.59. The number of benzene rings is 2. The number of nitro benzene ring substituents is 1. The van der Waals surface area contributed by atoms with Crippen LogP contribution in [0.15, 0.2) is 48.5 Å². The number of H-pyrrole nitrogens is 1. The SMILES string of the molecule is O=[N+]([O-])c1cccc(-c2nc3ccccc3c3n[nH]nc23)c1. The lowest BCUT2D eigenvalue weighted by Crippen LogP contribution is -1.91. The zero-order valence-corrected chi connectivity index (χ0v) is 11.2. The number of pyridine rings is 1. The Kier molecular flexibility index (Phi) is 2.59. The lowest BCUT2D eigenvalue weighted by molar-refractivity contribution is -0.384. The fourth-order valence-corrected chi connectivity index (χ4v) is 2.50. The molecule has 4 rings (SSSR count). The predicted octanol–water partition coefficient (Wildman–Crippen LogP) is 3.08. The van der Waals surface area contributed by atoms with Crippen LogP contribution in [0.25, 0.3) is 33.2 Å². The first kappa shape index (κ1) is 12.4. The molecule has 0 aliphatic carbocycles. The van der Waals surface area contributed by atoms with Crippen molar-refractivity contribution in [2.24, 2.45) is 0 Å². The predicted molar refractivity (Wildman–Crippen MR) is 81.3 cm³/mol. The first-order valence-electron chi connectivity index (χ1n) is 6.58. The average molecular weight is 291 g/mol. The molecular weight excluding hydrogens is 282 g/mol. The number of fused-ring (bicyclic) bond motifs is 3. The van der Waals surface area contributed by atoms with Gasteiger partial charge in [0.2, 0.25) is 0 Å². The summed E-state index contributed by atoms with van der Waals surface area (Å²) in [5.41, 5.74) is 3.30. The van der Waals surface area contributed by atoms with Gasteiger partial charge in [-0.05, 0) is 6.07 Å². The molecule has 0 atom stereocenters. The lowest BCUT2D eigenvalue weighted by atomic mass is 10.1. The topological polar surface area (TPSA) is 97.6 Å². The van der Waals surface area contributed by atoms with Crippen molar-refractivity contribution in [1.82, 2.24) is 20.4 Å². The molecule has 0 unspecified atom stereocenters. The van der Waals surface area contributed by atoms with E-state index < -0.39 is 4.92 Å². The van der Waals surface area contributed by atoms with Gasteiger partial charge in [0.05, 0.1) is 10.4 Å². The lowest BCUT2D eigenvalue weighted by Gasteiger charge is -2.04. The van der Waals surface area contributed by atoms with Gasteiger partial charge in [-0.3, -0.25) is 10.1 Å². The fraction of sp³-hybridized carbons (Fsp3) is 0. The summed E-state index contributed by atoms with van der Waals surface area (Å²) in [6.07, 6.45) is 0. The van der Waals surface area contributed by atoms with Gasteiger partial charge in [0, 0.05) is 23.1 Å². The highest BCUT2D eigenvalue weighted by Crippen LogP contribution is 2.31. The van der Waals surface area contributed by atoms with Gasteiger partial charge < -0.3 is 0 Å². The molecule has 22 heavy (non-hydrogen) atoms. The molecule has 106 valence electrons. The number of aromatic nitrogens is 4. The van der Waals surface area contributed by atoms with E-state index in [2.05, 4.69) is 20.4 Å². The van der Waals surface area contributed by atoms with Crippen molar-refractivity contribution in [2.45, 2.75) is 0 Å². The summed E-state index contributed by atoms with van der Waals surface area (Å²) >= 11 is 0. The van der Waals surface area contributed by atoms with Crippen molar-refractivity contribution >= 4 is 27.6 Å². The summed E-state index contributed by atoms with van der Waals surface area (Å²) in [5.74, 6) is 0. The standard InChI is InChI=1S/C15H9N5O2/c21-20(22)10-5-3-4-9(8-10)13-15-14(17-19-18-15)11-6-1-2-7-12(11)16-13/h1-8H,(H,17,18,19). The van der Waals surface area contributed by atoms with E-state index in [1.807, 2.05) is 24.3 Å². The van der Waals surface area contributed by atoms with E-state index in [0.717, 1.165) is 10.9 Å². The fourth-order valence-electron chi connectivity index (χ4n) is 2.50. The van der Waals surface area contributed by atoms with Crippen molar-refractivity contribution in [3.63, 3.8) is 0 Å². The minimum absolute atomic E-state index is 0.0177. The van der Waals surface area contributed by atoms with Gasteiger partial charge in [-0.25, -0.2) is 4.98 Å². The molecule has 0 saturated carbocycles. The molecule has 0 amide bonds. The van der Waals surface area contributed by atoms with Gasteiger partial charge in [-0.15, -0.1) is 0 Å². The number of aromatic amines is 1. The molecule has 4 aromatic rings. The maximum Gasteiger partial charge on any atom is 0.270 e. The smallest absolute Gasteiger partial charge is 0.258 e. The van der Waals surface area contributed by atoms with Crippen LogP contribution in [0, 0.1) is 10.1 Å². The van der Waals surface area contributed by atoms with Crippen molar-refractivity contribution in [1.29, 1.82) is 0 Å². The molecule has 0 spiro atoms. The molecule has 0 bridgehead atoms. The number of nitrogens with one attached hydrogen (secondary N) is 1. The average Bonchev–Trinajstić information content (AvgIpc) is 3.04. The summed E-state index contributed by atoms with van der Waals surface area (Å²) in [5, 5.41) is 22.8. The molecule has 0 aliphatic rings. The van der Waals surface area contributed by atoms with Gasteiger partial charge >= 0.3 is 0 Å². The van der Waals surface area contributed by atoms with Crippen LogP contribution in [0.5, 0.6) is 0 Å². The third-order valence-corrected chi connectivity index (χ3v) is 3.49. The highest BCUT2D eigenvalue weighted by atomic mass is 16.6. The van der Waals surface area contributed by atoms with Crippen LogP contribution in [-0.4, -0.2) is 25.3 Å². The van der Waals surface area contributed by atoms with Crippen LogP contribution in [0.2, 0.25) is 0 Å². The summed E-state index contributed by atoms with van der Waals surface area (Å²) in [6.45, 7) is 0. The monoisotopic (exact) mass is 291 g/mol. The quantitative estimate of drug-likeness (QED) is 0.452. The first-order chi connectivity index (χ1) is 10.7. The molecule has 7 heteroatoms. The molecule has 2 aromatic carbocycles. The van der Waals surface area contributed by atoms with Crippen molar-refractivity contribution in [3.05, 3.63) is 58.6 Å². The molecule has 2 aromatic heterocycles. The van der Waals surface area contributed by atoms with Crippen LogP contribution >= 0.6 is 0 Å². The van der Waals surface area contributed by atoms with Gasteiger partial charge in [0.1, 0.15) is 16.7 Å². The minimum atomic E-state index is -0.426. The van der Waals surface area contributed by atoms with E-state index in [9.17, 15) is 10.1 Å². The van der Waals surface area contributed by atoms with Crippen LogP contribution in [0.4, 0.5) is 5.69 Å². The Bertz CT molecular complexity index is 1020. The van der Waals surface area contributed by atoms with Crippen molar-refractivity contribution in [2.75, 3.05) is 0 Å². The second-order valence-corrected chi connectivity index (χ2v) is 4.81. The Morgan fingerprint density at radius 2 is 1.82 bits per heavy atom. The molecule has 0 fully saturated rings. The number of nitrogens with zero attached hydrogens (tertiary/aromatic N) is 4. The molecule has 2 heterocycles. The van der Waals surface area contributed by atoms with Crippen LogP contribution in [0.3, 0.4) is 0 Å². The van der Waals surface area contributed by atoms with E-state index in [1.54, 1.807) is 12.1 Å². The summed E-state index contributed by atoms with van der Waals surface area (Å²) < 4.78 is 0. The molecule has 0 radical (unpaired) electrons. The zero-order valence-electron chi connectivity index (χ0n) is 11.2. The summed E-state index contributed by atoms with van der Waals surface area (Å²) in [7, 11) is 0. The summed E-state index contributed by atoms with van der Waals surface area (Å²) in [4.78, 5) is 15.1. The molecular formula is C15H9N5O2. The third-order valence-electron chi connectivity index (χ3n) is 3.49. The number of para-hydroxylation sites is 1. The Morgan fingerprint density at radius 3 is 2.68 bits per heavy atom. The Balaban J connectivity index is 2.07. The van der Waals surface area contributed by atoms with E-state index in [0.29, 0.717) is 22.3 Å². The second-order valence-electron chi connectivity index (χ2n) is 4.81. The number of non-ortho nitro benzene ring substituents is 1. The van der Waals surface area contributed by atoms with Gasteiger partial charge in [0.15, 0.2) is 0 Å². The molecule has 0 aliphatic heterocycles. The van der Waals surface area contributed by atoms with Crippen molar-refractivity contribution < 1.29 is 4.92 Å². The summed E-state index contributed by atoms with van der Waals surface area (Å²) in [6, 6.07) is 13.9. The Hall–Kier alpha value is -3.35. The van der Waals surface area contributed by atoms with E-state index >= 15 is 0 Å². The van der Waals surface area contributed by atoms with Crippen LogP contribution in [0.1, 0.15) is 0 Å². The number of rotatable bonds is 2. The molecule has 1 N–H and O–H groups in total. The Labute approximate surface area is 123 Å². The van der Waals surface area contributed by atoms with E-state index in [-0.39, 0.29) is 5.69 Å². The minimum Gasteiger partial charge on any atom is -0.258 e. The van der Waals surface area contributed by atoms with Crippen LogP contribution < -0.4 is 0 Å². The molecule has 7 nitrogen and oxygen atoms in total.